The molecule has 0 bridgehead atoms. The molecule has 0 aromatic carbocycles. The number of carboxylic acid groups (broad SMARTS) is 1. The van der Waals surface area contributed by atoms with E-state index in [1.54, 1.807) is 0 Å². The highest BCUT2D eigenvalue weighted by Crippen LogP contribution is 2.31. The maximum Gasteiger partial charge on any atom is 0.338 e. The van der Waals surface area contributed by atoms with Crippen molar-refractivity contribution in [1.29, 1.82) is 0 Å². The molecule has 128 valence electrons. The highest BCUT2D eigenvalue weighted by Gasteiger charge is 2.46. The minimum Gasteiger partial charge on any atom is -0.478 e. The molecular formula is C16H25N3O4. The Bertz CT molecular complexity index is 550. The van der Waals surface area contributed by atoms with Crippen LogP contribution in [0.25, 0.3) is 0 Å². The minimum atomic E-state index is -1.03. The fourth-order valence-corrected chi connectivity index (χ4v) is 2.94. The molecule has 7 nitrogen and oxygen atoms in total. The number of rotatable bonds is 4. The highest BCUT2D eigenvalue weighted by molar-refractivity contribution is 6.08. The van der Waals surface area contributed by atoms with Crippen LogP contribution in [-0.4, -0.2) is 52.1 Å². The van der Waals surface area contributed by atoms with Crippen molar-refractivity contribution in [2.24, 2.45) is 4.99 Å². The van der Waals surface area contributed by atoms with E-state index in [2.05, 4.69) is 10.3 Å². The molecule has 0 aliphatic carbocycles. The van der Waals surface area contributed by atoms with E-state index in [-0.39, 0.29) is 17.6 Å². The van der Waals surface area contributed by atoms with E-state index in [1.165, 1.54) is 12.4 Å². The van der Waals surface area contributed by atoms with Crippen LogP contribution in [0.4, 0.5) is 0 Å². The average molecular weight is 323 g/mol. The number of carbonyl (C=O) groups excluding carboxylic acids is 1. The van der Waals surface area contributed by atoms with Crippen LogP contribution in [0.1, 0.15) is 47.0 Å². The summed E-state index contributed by atoms with van der Waals surface area (Å²) in [6.07, 6.45) is 4.99. The highest BCUT2D eigenvalue weighted by atomic mass is 16.6. The number of nitrogens with one attached hydrogen (secondary N) is 1. The third-order valence-electron chi connectivity index (χ3n) is 4.02. The largest absolute Gasteiger partial charge is 0.478 e. The van der Waals surface area contributed by atoms with Crippen molar-refractivity contribution in [3.05, 3.63) is 11.8 Å². The number of aliphatic carboxylic acids is 1. The zero-order valence-corrected chi connectivity index (χ0v) is 14.1. The van der Waals surface area contributed by atoms with Crippen molar-refractivity contribution in [2.75, 3.05) is 6.54 Å². The summed E-state index contributed by atoms with van der Waals surface area (Å²) < 4.78 is 5.52. The van der Waals surface area contributed by atoms with Gasteiger partial charge >= 0.3 is 11.9 Å². The van der Waals surface area contributed by atoms with Gasteiger partial charge in [-0.05, 0) is 33.6 Å². The number of hydrogen-bond acceptors (Lipinski definition) is 6. The second-order valence-corrected chi connectivity index (χ2v) is 6.86. The van der Waals surface area contributed by atoms with E-state index >= 15 is 0 Å². The molecule has 0 amide bonds. The van der Waals surface area contributed by atoms with Gasteiger partial charge in [-0.15, -0.1) is 0 Å². The lowest BCUT2D eigenvalue weighted by atomic mass is 10.1. The fraction of sp³-hybridized carbons (Fsp3) is 0.688. The van der Waals surface area contributed by atoms with E-state index in [0.717, 1.165) is 6.42 Å². The number of hydrogen-bond donors (Lipinski definition) is 2. The van der Waals surface area contributed by atoms with Crippen molar-refractivity contribution >= 4 is 18.2 Å². The molecule has 2 rings (SSSR count). The Balaban J connectivity index is 2.19. The van der Waals surface area contributed by atoms with E-state index < -0.39 is 17.4 Å². The molecule has 0 radical (unpaired) electrons. The quantitative estimate of drug-likeness (QED) is 0.762. The lowest BCUT2D eigenvalue weighted by Gasteiger charge is -2.42. The van der Waals surface area contributed by atoms with Crippen LogP contribution in [0.15, 0.2) is 16.8 Å². The lowest BCUT2D eigenvalue weighted by Crippen LogP contribution is -2.60. The molecular weight excluding hydrogens is 298 g/mol. The Morgan fingerprint density at radius 3 is 2.70 bits per heavy atom. The van der Waals surface area contributed by atoms with Gasteiger partial charge in [0, 0.05) is 25.4 Å². The van der Waals surface area contributed by atoms with Crippen LogP contribution in [0.5, 0.6) is 0 Å². The van der Waals surface area contributed by atoms with Crippen LogP contribution >= 0.6 is 0 Å². The molecule has 0 spiro atoms. The summed E-state index contributed by atoms with van der Waals surface area (Å²) >= 11 is 0. The van der Waals surface area contributed by atoms with Gasteiger partial charge in [0.25, 0.3) is 0 Å². The Labute approximate surface area is 136 Å². The van der Waals surface area contributed by atoms with Gasteiger partial charge in [0.1, 0.15) is 11.6 Å². The Morgan fingerprint density at radius 2 is 2.22 bits per heavy atom. The molecule has 0 aromatic rings. The molecule has 2 heterocycles. The van der Waals surface area contributed by atoms with E-state index in [0.29, 0.717) is 19.4 Å². The number of carbonyl (C=O) groups is 2. The zero-order valence-electron chi connectivity index (χ0n) is 14.1. The third-order valence-corrected chi connectivity index (χ3v) is 4.02. The molecule has 1 unspecified atom stereocenters. The maximum atomic E-state index is 12.5. The van der Waals surface area contributed by atoms with Gasteiger partial charge < -0.3 is 15.2 Å². The average Bonchev–Trinajstić information content (AvgIpc) is 2.95. The van der Waals surface area contributed by atoms with Crippen molar-refractivity contribution in [3.8, 4) is 0 Å². The van der Waals surface area contributed by atoms with Gasteiger partial charge in [-0.25, -0.2) is 14.7 Å². The summed E-state index contributed by atoms with van der Waals surface area (Å²) in [5, 5.41) is 12.1. The summed E-state index contributed by atoms with van der Waals surface area (Å²) in [5.74, 6) is -2.08. The van der Waals surface area contributed by atoms with Gasteiger partial charge in [0.15, 0.2) is 5.79 Å². The number of carboxylic acids is 1. The van der Waals surface area contributed by atoms with Crippen LogP contribution in [0.3, 0.4) is 0 Å². The fourth-order valence-electron chi connectivity index (χ4n) is 2.94. The smallest absolute Gasteiger partial charge is 0.338 e. The van der Waals surface area contributed by atoms with Gasteiger partial charge in [-0.1, -0.05) is 6.92 Å². The summed E-state index contributed by atoms with van der Waals surface area (Å²) in [5.41, 5.74) is -0.438. The second kappa shape index (κ2) is 6.31. The molecule has 23 heavy (non-hydrogen) atoms. The topological polar surface area (TPSA) is 91.2 Å². The van der Waals surface area contributed by atoms with Crippen molar-refractivity contribution in [1.82, 2.24) is 10.2 Å². The molecule has 1 fully saturated rings. The Hall–Kier alpha value is -1.89. The molecule has 2 atom stereocenters. The predicted molar refractivity (Wildman–Crippen MR) is 85.9 cm³/mol. The Morgan fingerprint density at radius 1 is 1.52 bits per heavy atom. The minimum absolute atomic E-state index is 0.0992. The predicted octanol–water partition coefficient (Wildman–Crippen LogP) is 1.50. The second-order valence-electron chi connectivity index (χ2n) is 6.86. The summed E-state index contributed by atoms with van der Waals surface area (Å²) in [6.45, 7) is 8.20. The Kier molecular flexibility index (Phi) is 4.79. The molecule has 0 aromatic heterocycles. The van der Waals surface area contributed by atoms with Crippen LogP contribution in [-0.2, 0) is 14.3 Å². The van der Waals surface area contributed by atoms with Gasteiger partial charge in [0.2, 0.25) is 0 Å². The number of esters is 1. The van der Waals surface area contributed by atoms with Crippen LogP contribution in [0, 0.1) is 0 Å². The molecule has 0 saturated carbocycles. The first-order chi connectivity index (χ1) is 10.7. The molecule has 2 aliphatic heterocycles. The van der Waals surface area contributed by atoms with Crippen molar-refractivity contribution in [2.45, 2.75) is 64.4 Å². The standard InChI is InChI=1S/C16H25N3O4/c1-5-16(17-9-11(10-18-16)13(20)21)19-8-6-7-12(19)14(22)23-15(2,3)4/h9-10,12,17H,5-8H2,1-4H3,(H,20,21)/t12-,16?/m1/s1. The summed E-state index contributed by atoms with van der Waals surface area (Å²) in [7, 11) is 0. The molecule has 2 N–H and O–H groups in total. The summed E-state index contributed by atoms with van der Waals surface area (Å²) in [6, 6.07) is -0.376. The molecule has 1 saturated heterocycles. The molecule has 2 aliphatic rings. The van der Waals surface area contributed by atoms with E-state index in [4.69, 9.17) is 9.84 Å². The van der Waals surface area contributed by atoms with E-state index in [1.807, 2.05) is 32.6 Å². The maximum absolute atomic E-state index is 12.5. The van der Waals surface area contributed by atoms with Gasteiger partial charge in [-0.2, -0.15) is 0 Å². The number of nitrogens with zero attached hydrogens (tertiary/aromatic N) is 2. The lowest BCUT2D eigenvalue weighted by molar-refractivity contribution is -0.163. The first kappa shape index (κ1) is 17.5. The summed E-state index contributed by atoms with van der Waals surface area (Å²) in [4.78, 5) is 29.9. The molecule has 7 heteroatoms. The zero-order chi connectivity index (χ0) is 17.3. The number of aliphatic imine (C=N–C) groups is 1. The van der Waals surface area contributed by atoms with Gasteiger partial charge in [0.05, 0.1) is 5.57 Å². The first-order valence-corrected chi connectivity index (χ1v) is 7.94. The monoisotopic (exact) mass is 323 g/mol. The first-order valence-electron chi connectivity index (χ1n) is 7.94. The van der Waals surface area contributed by atoms with Crippen molar-refractivity contribution in [3.63, 3.8) is 0 Å². The van der Waals surface area contributed by atoms with Crippen LogP contribution in [0.2, 0.25) is 0 Å². The number of ether oxygens (including phenoxy) is 1. The van der Waals surface area contributed by atoms with Crippen LogP contribution < -0.4 is 5.32 Å². The van der Waals surface area contributed by atoms with Gasteiger partial charge in [-0.3, -0.25) is 4.79 Å². The van der Waals surface area contributed by atoms with Crippen molar-refractivity contribution < 1.29 is 19.4 Å². The third kappa shape index (κ3) is 3.72. The van der Waals surface area contributed by atoms with E-state index in [9.17, 15) is 9.59 Å². The SMILES string of the molecule is CCC1(N2CCC[C@@H]2C(=O)OC(C)(C)C)N=CC(C(=O)O)=CN1. The normalized spacial score (nSPS) is 28.2. The number of likely N-dealkylation sites (tertiary alicyclic amines) is 1.